The van der Waals surface area contributed by atoms with Crippen molar-refractivity contribution < 1.29 is 4.74 Å². The highest BCUT2D eigenvalue weighted by molar-refractivity contribution is 6.30. The van der Waals surface area contributed by atoms with E-state index in [2.05, 4.69) is 4.99 Å². The summed E-state index contributed by atoms with van der Waals surface area (Å²) in [5, 5.41) is 0.764. The quantitative estimate of drug-likeness (QED) is 0.753. The number of hydrogen-bond acceptors (Lipinski definition) is 2. The smallest absolute Gasteiger partial charge is 0.121 e. The van der Waals surface area contributed by atoms with Crippen LogP contribution in [0.15, 0.2) is 41.6 Å². The molecule has 1 aromatic carbocycles. The van der Waals surface area contributed by atoms with Crippen LogP contribution in [0, 0.1) is 0 Å². The fourth-order valence-electron chi connectivity index (χ4n) is 1.51. The maximum Gasteiger partial charge on any atom is 0.121 e. The lowest BCUT2D eigenvalue weighted by molar-refractivity contribution is 0.154. The molecule has 78 valence electrons. The third-order valence-corrected chi connectivity index (χ3v) is 2.44. The van der Waals surface area contributed by atoms with E-state index < -0.39 is 0 Å². The minimum atomic E-state index is 0.110. The first-order valence-electron chi connectivity index (χ1n) is 4.89. The molecule has 0 radical (unpaired) electrons. The molecule has 0 amide bonds. The van der Waals surface area contributed by atoms with E-state index >= 15 is 0 Å². The Morgan fingerprint density at radius 3 is 3.27 bits per heavy atom. The van der Waals surface area contributed by atoms with Gasteiger partial charge in [-0.15, -0.1) is 0 Å². The normalized spacial score (nSPS) is 19.7. The van der Waals surface area contributed by atoms with E-state index in [1.54, 1.807) is 18.6 Å². The second-order valence-electron chi connectivity index (χ2n) is 3.43. The number of nitrogens with zero attached hydrogens (tertiary/aromatic N) is 1. The first-order valence-corrected chi connectivity index (χ1v) is 5.27. The van der Waals surface area contributed by atoms with E-state index in [1.807, 2.05) is 24.3 Å². The van der Waals surface area contributed by atoms with Crippen LogP contribution >= 0.6 is 11.6 Å². The van der Waals surface area contributed by atoms with Gasteiger partial charge in [0.1, 0.15) is 6.10 Å². The van der Waals surface area contributed by atoms with Crippen LogP contribution in [0.2, 0.25) is 5.02 Å². The fraction of sp³-hybridized carbons (Fsp3) is 0.250. The summed E-state index contributed by atoms with van der Waals surface area (Å²) < 4.78 is 5.50. The van der Waals surface area contributed by atoms with Crippen molar-refractivity contribution >= 4 is 17.8 Å². The van der Waals surface area contributed by atoms with Gasteiger partial charge in [0.15, 0.2) is 0 Å². The number of benzene rings is 1. The molecule has 1 atom stereocenters. The topological polar surface area (TPSA) is 21.6 Å². The molecule has 1 aromatic rings. The summed E-state index contributed by atoms with van der Waals surface area (Å²) in [5.41, 5.74) is 1.18. The molecule has 1 unspecified atom stereocenters. The van der Waals surface area contributed by atoms with Gasteiger partial charge in [0.05, 0.1) is 12.8 Å². The average molecular weight is 222 g/mol. The van der Waals surface area contributed by atoms with Crippen LogP contribution in [0.3, 0.4) is 0 Å². The summed E-state index contributed by atoms with van der Waals surface area (Å²) in [5.74, 6) is 0. The van der Waals surface area contributed by atoms with Crippen LogP contribution in [0.1, 0.15) is 5.56 Å². The van der Waals surface area contributed by atoms with Crippen molar-refractivity contribution in [1.82, 2.24) is 0 Å². The van der Waals surface area contributed by atoms with Crippen molar-refractivity contribution in [3.63, 3.8) is 0 Å². The van der Waals surface area contributed by atoms with E-state index in [-0.39, 0.29) is 6.10 Å². The Kier molecular flexibility index (Phi) is 3.41. The predicted molar refractivity (Wildman–Crippen MR) is 62.5 cm³/mol. The standard InChI is InChI=1S/C12H12ClNO/c13-11-4-1-3-10(7-11)8-12-9-14-5-2-6-15-12/h1-7,12H,8-9H2. The highest BCUT2D eigenvalue weighted by Gasteiger charge is 2.09. The number of halogens is 1. The minimum absolute atomic E-state index is 0.110. The summed E-state index contributed by atoms with van der Waals surface area (Å²) in [4.78, 5) is 4.20. The van der Waals surface area contributed by atoms with Crippen LogP contribution in [0.5, 0.6) is 0 Å². The van der Waals surface area contributed by atoms with E-state index in [0.29, 0.717) is 6.54 Å². The van der Waals surface area contributed by atoms with E-state index in [4.69, 9.17) is 16.3 Å². The Labute approximate surface area is 94.2 Å². The Morgan fingerprint density at radius 1 is 1.47 bits per heavy atom. The van der Waals surface area contributed by atoms with Crippen molar-refractivity contribution in [2.24, 2.45) is 4.99 Å². The molecule has 15 heavy (non-hydrogen) atoms. The van der Waals surface area contributed by atoms with Gasteiger partial charge in [-0.05, 0) is 23.8 Å². The largest absolute Gasteiger partial charge is 0.496 e. The maximum absolute atomic E-state index is 5.91. The zero-order chi connectivity index (χ0) is 10.5. The van der Waals surface area contributed by atoms with Gasteiger partial charge in [-0.2, -0.15) is 0 Å². The van der Waals surface area contributed by atoms with Gasteiger partial charge in [0.2, 0.25) is 0 Å². The van der Waals surface area contributed by atoms with Crippen molar-refractivity contribution in [2.75, 3.05) is 6.54 Å². The number of allylic oxidation sites excluding steroid dienone is 1. The molecule has 0 saturated heterocycles. The number of rotatable bonds is 2. The van der Waals surface area contributed by atoms with Crippen molar-refractivity contribution in [3.8, 4) is 0 Å². The Bertz CT molecular complexity index is 373. The van der Waals surface area contributed by atoms with Gasteiger partial charge < -0.3 is 4.74 Å². The van der Waals surface area contributed by atoms with Gasteiger partial charge in [-0.1, -0.05) is 23.7 Å². The zero-order valence-corrected chi connectivity index (χ0v) is 9.02. The molecule has 0 N–H and O–H groups in total. The molecule has 1 aliphatic rings. The van der Waals surface area contributed by atoms with Gasteiger partial charge in [0.25, 0.3) is 0 Å². The third-order valence-electron chi connectivity index (χ3n) is 2.20. The molecule has 0 saturated carbocycles. The van der Waals surface area contributed by atoms with E-state index in [9.17, 15) is 0 Å². The van der Waals surface area contributed by atoms with Crippen molar-refractivity contribution in [2.45, 2.75) is 12.5 Å². The second kappa shape index (κ2) is 4.99. The summed E-state index contributed by atoms with van der Waals surface area (Å²) in [6.07, 6.45) is 6.20. The number of aliphatic imine (C=N–C) groups is 1. The molecular weight excluding hydrogens is 210 g/mol. The third kappa shape index (κ3) is 3.10. The molecule has 0 aliphatic carbocycles. The number of ether oxygens (including phenoxy) is 1. The highest BCUT2D eigenvalue weighted by atomic mass is 35.5. The van der Waals surface area contributed by atoms with Gasteiger partial charge in [-0.25, -0.2) is 0 Å². The molecule has 1 aliphatic heterocycles. The summed E-state index contributed by atoms with van der Waals surface area (Å²) in [7, 11) is 0. The van der Waals surface area contributed by atoms with Crippen molar-refractivity contribution in [1.29, 1.82) is 0 Å². The van der Waals surface area contributed by atoms with Gasteiger partial charge in [0, 0.05) is 17.7 Å². The van der Waals surface area contributed by atoms with Crippen LogP contribution in [0.25, 0.3) is 0 Å². The lowest BCUT2D eigenvalue weighted by atomic mass is 10.1. The lowest BCUT2D eigenvalue weighted by Crippen LogP contribution is -2.16. The summed E-state index contributed by atoms with van der Waals surface area (Å²) in [6.45, 7) is 0.694. The minimum Gasteiger partial charge on any atom is -0.496 e. The summed E-state index contributed by atoms with van der Waals surface area (Å²) >= 11 is 5.91. The molecule has 0 fully saturated rings. The first-order chi connectivity index (χ1) is 7.34. The maximum atomic E-state index is 5.91. The SMILES string of the molecule is Clc1cccc(CC2CN=CC=CO2)c1. The Balaban J connectivity index is 2.02. The van der Waals surface area contributed by atoms with E-state index in [0.717, 1.165) is 11.4 Å². The highest BCUT2D eigenvalue weighted by Crippen LogP contribution is 2.14. The first kappa shape index (κ1) is 10.2. The van der Waals surface area contributed by atoms with Gasteiger partial charge in [-0.3, -0.25) is 4.99 Å². The van der Waals surface area contributed by atoms with Crippen LogP contribution in [0.4, 0.5) is 0 Å². The number of hydrogen-bond donors (Lipinski definition) is 0. The predicted octanol–water partition coefficient (Wildman–Crippen LogP) is 2.87. The Hall–Kier alpha value is -1.28. The molecular formula is C12H12ClNO. The van der Waals surface area contributed by atoms with Crippen LogP contribution in [-0.2, 0) is 11.2 Å². The molecule has 2 rings (SSSR count). The monoisotopic (exact) mass is 221 g/mol. The van der Waals surface area contributed by atoms with Crippen molar-refractivity contribution in [3.05, 3.63) is 47.2 Å². The Morgan fingerprint density at radius 2 is 2.40 bits per heavy atom. The molecule has 2 nitrogen and oxygen atoms in total. The average Bonchev–Trinajstić information content (AvgIpc) is 2.46. The molecule has 3 heteroatoms. The van der Waals surface area contributed by atoms with Crippen LogP contribution < -0.4 is 0 Å². The second-order valence-corrected chi connectivity index (χ2v) is 3.87. The fourth-order valence-corrected chi connectivity index (χ4v) is 1.73. The summed E-state index contributed by atoms with van der Waals surface area (Å²) in [6, 6.07) is 7.83. The zero-order valence-electron chi connectivity index (χ0n) is 8.27. The molecule has 1 heterocycles. The lowest BCUT2D eigenvalue weighted by Gasteiger charge is -2.13. The molecule has 0 aromatic heterocycles. The van der Waals surface area contributed by atoms with Crippen LogP contribution in [-0.4, -0.2) is 18.9 Å². The van der Waals surface area contributed by atoms with E-state index in [1.165, 1.54) is 5.56 Å². The van der Waals surface area contributed by atoms with Gasteiger partial charge >= 0.3 is 0 Å². The molecule has 0 spiro atoms. The molecule has 0 bridgehead atoms.